The van der Waals surface area contributed by atoms with E-state index in [2.05, 4.69) is 17.4 Å². The number of carbonyl (C=O) groups excluding carboxylic acids is 1. The molecule has 1 aromatic carbocycles. The van der Waals surface area contributed by atoms with Gasteiger partial charge in [0.25, 0.3) is 0 Å². The Bertz CT molecular complexity index is 784. The number of rotatable bonds is 8. The zero-order valence-electron chi connectivity index (χ0n) is 13.6. The molecule has 3 nitrogen and oxygen atoms in total. The number of amides is 1. The summed E-state index contributed by atoms with van der Waals surface area (Å²) >= 11 is 4.77. The van der Waals surface area contributed by atoms with Gasteiger partial charge in [-0.3, -0.25) is 4.79 Å². The summed E-state index contributed by atoms with van der Waals surface area (Å²) in [4.78, 5) is 16.0. The molecule has 1 unspecified atom stereocenters. The zero-order chi connectivity index (χ0) is 17.5. The third-order valence-corrected chi connectivity index (χ3v) is 6.64. The summed E-state index contributed by atoms with van der Waals surface area (Å²) < 4.78 is 0. The third kappa shape index (κ3) is 5.44. The minimum absolute atomic E-state index is 0.0530. The minimum atomic E-state index is -0.572. The molecule has 0 saturated carbocycles. The van der Waals surface area contributed by atoms with Gasteiger partial charge in [-0.15, -0.1) is 34.4 Å². The number of thiophene rings is 2. The van der Waals surface area contributed by atoms with Crippen LogP contribution in [-0.2, 0) is 11.3 Å². The molecule has 2 aromatic heterocycles. The van der Waals surface area contributed by atoms with Crippen LogP contribution in [0.5, 0.6) is 0 Å². The molecule has 25 heavy (non-hydrogen) atoms. The molecule has 2 N–H and O–H groups in total. The minimum Gasteiger partial charge on any atom is -0.382 e. The first kappa shape index (κ1) is 18.2. The largest absolute Gasteiger partial charge is 0.382 e. The first-order valence-electron chi connectivity index (χ1n) is 7.97. The number of thioether (sulfide) groups is 1. The molecule has 0 radical (unpaired) electrons. The van der Waals surface area contributed by atoms with Crippen molar-refractivity contribution in [1.29, 1.82) is 0 Å². The van der Waals surface area contributed by atoms with Crippen LogP contribution < -0.4 is 5.32 Å². The lowest BCUT2D eigenvalue weighted by molar-refractivity contribution is -0.120. The number of hydrogen-bond donors (Lipinski definition) is 2. The molecule has 0 aliphatic carbocycles. The van der Waals surface area contributed by atoms with Crippen LogP contribution in [0.1, 0.15) is 27.2 Å². The van der Waals surface area contributed by atoms with E-state index >= 15 is 0 Å². The Kier molecular flexibility index (Phi) is 6.69. The quantitative estimate of drug-likeness (QED) is 0.550. The van der Waals surface area contributed by atoms with Gasteiger partial charge in [0.15, 0.2) is 0 Å². The Morgan fingerprint density at radius 2 is 1.92 bits per heavy atom. The van der Waals surface area contributed by atoms with Crippen LogP contribution in [0.15, 0.2) is 64.9 Å². The number of aliphatic hydroxyl groups excluding tert-OH is 1. The van der Waals surface area contributed by atoms with E-state index in [1.165, 1.54) is 16.2 Å². The lowest BCUT2D eigenvalue weighted by Crippen LogP contribution is -2.22. The van der Waals surface area contributed by atoms with Crippen LogP contribution >= 0.6 is 34.4 Å². The van der Waals surface area contributed by atoms with Crippen molar-refractivity contribution in [2.75, 3.05) is 5.75 Å². The summed E-state index contributed by atoms with van der Waals surface area (Å²) in [6.45, 7) is 0.511. The van der Waals surface area contributed by atoms with Crippen LogP contribution in [0.3, 0.4) is 0 Å². The fraction of sp³-hybridized carbons (Fsp3) is 0.211. The molecule has 130 valence electrons. The SMILES string of the molecule is O=C(CCSc1ccccc1)NCc1ccc(C(O)c2cccs2)s1. The molecule has 0 bridgehead atoms. The Hall–Kier alpha value is -1.60. The highest BCUT2D eigenvalue weighted by Gasteiger charge is 2.14. The normalized spacial score (nSPS) is 12.0. The van der Waals surface area contributed by atoms with Crippen molar-refractivity contribution >= 4 is 40.3 Å². The summed E-state index contributed by atoms with van der Waals surface area (Å²) in [5.74, 6) is 0.819. The van der Waals surface area contributed by atoms with Crippen molar-refractivity contribution in [2.45, 2.75) is 24.0 Å². The summed E-state index contributed by atoms with van der Waals surface area (Å²) in [6, 6.07) is 17.9. The molecule has 3 aromatic rings. The first-order chi connectivity index (χ1) is 12.2. The number of aliphatic hydroxyl groups is 1. The van der Waals surface area contributed by atoms with Gasteiger partial charge in [-0.05, 0) is 35.7 Å². The van der Waals surface area contributed by atoms with Crippen molar-refractivity contribution in [3.63, 3.8) is 0 Å². The lowest BCUT2D eigenvalue weighted by Gasteiger charge is -2.05. The molecule has 0 fully saturated rings. The fourth-order valence-corrected chi connectivity index (χ4v) is 4.91. The molecule has 0 spiro atoms. The van der Waals surface area contributed by atoms with Gasteiger partial charge in [0.2, 0.25) is 5.91 Å². The predicted molar refractivity (Wildman–Crippen MR) is 106 cm³/mol. The predicted octanol–water partition coefficient (Wildman–Crippen LogP) is 4.69. The van der Waals surface area contributed by atoms with Gasteiger partial charge in [0, 0.05) is 31.7 Å². The molecule has 0 aliphatic rings. The Labute approximate surface area is 159 Å². The van der Waals surface area contributed by atoms with E-state index in [1.54, 1.807) is 23.1 Å². The molecular formula is C19H19NO2S3. The molecule has 2 heterocycles. The second-order valence-corrected chi connectivity index (χ2v) is 8.76. The number of carbonyl (C=O) groups is 1. The van der Waals surface area contributed by atoms with E-state index in [0.29, 0.717) is 13.0 Å². The van der Waals surface area contributed by atoms with Crippen LogP contribution in [0.2, 0.25) is 0 Å². The van der Waals surface area contributed by atoms with Crippen molar-refractivity contribution in [1.82, 2.24) is 5.32 Å². The topological polar surface area (TPSA) is 49.3 Å². The highest BCUT2D eigenvalue weighted by molar-refractivity contribution is 7.99. The smallest absolute Gasteiger partial charge is 0.221 e. The summed E-state index contributed by atoms with van der Waals surface area (Å²) in [6.07, 6.45) is -0.0768. The van der Waals surface area contributed by atoms with Crippen molar-refractivity contribution in [3.8, 4) is 0 Å². The van der Waals surface area contributed by atoms with E-state index in [-0.39, 0.29) is 5.91 Å². The van der Waals surface area contributed by atoms with Crippen molar-refractivity contribution in [2.24, 2.45) is 0 Å². The van der Waals surface area contributed by atoms with Gasteiger partial charge < -0.3 is 10.4 Å². The monoisotopic (exact) mass is 389 g/mol. The maximum Gasteiger partial charge on any atom is 0.221 e. The first-order valence-corrected chi connectivity index (χ1v) is 10.6. The lowest BCUT2D eigenvalue weighted by atomic mass is 10.2. The van der Waals surface area contributed by atoms with Gasteiger partial charge in [-0.25, -0.2) is 0 Å². The highest BCUT2D eigenvalue weighted by Crippen LogP contribution is 2.30. The second kappa shape index (κ2) is 9.20. The van der Waals surface area contributed by atoms with Gasteiger partial charge in [0.05, 0.1) is 6.54 Å². The van der Waals surface area contributed by atoms with Crippen LogP contribution in [-0.4, -0.2) is 16.8 Å². The number of nitrogens with one attached hydrogen (secondary N) is 1. The maximum atomic E-state index is 12.0. The molecule has 1 amide bonds. The van der Waals surface area contributed by atoms with Crippen LogP contribution in [0.25, 0.3) is 0 Å². The molecule has 6 heteroatoms. The summed E-state index contributed by atoms with van der Waals surface area (Å²) in [7, 11) is 0. The third-order valence-electron chi connectivity index (χ3n) is 3.57. The van der Waals surface area contributed by atoms with E-state index in [9.17, 15) is 9.90 Å². The van der Waals surface area contributed by atoms with Gasteiger partial charge in [-0.1, -0.05) is 24.3 Å². The van der Waals surface area contributed by atoms with Gasteiger partial charge in [-0.2, -0.15) is 0 Å². The zero-order valence-corrected chi connectivity index (χ0v) is 16.0. The molecule has 0 aliphatic heterocycles. The van der Waals surface area contributed by atoms with Crippen LogP contribution in [0, 0.1) is 0 Å². The summed E-state index contributed by atoms with van der Waals surface area (Å²) in [5.41, 5.74) is 0. The molecule has 1 atom stereocenters. The van der Waals surface area contributed by atoms with E-state index < -0.39 is 6.10 Å². The summed E-state index contributed by atoms with van der Waals surface area (Å²) in [5, 5.41) is 15.2. The Morgan fingerprint density at radius 3 is 2.68 bits per heavy atom. The molecular weight excluding hydrogens is 370 g/mol. The number of hydrogen-bond acceptors (Lipinski definition) is 5. The molecule has 0 saturated heterocycles. The fourth-order valence-electron chi connectivity index (χ4n) is 2.28. The molecule has 3 rings (SSSR count). The Morgan fingerprint density at radius 1 is 1.08 bits per heavy atom. The average molecular weight is 390 g/mol. The van der Waals surface area contributed by atoms with E-state index in [4.69, 9.17) is 0 Å². The average Bonchev–Trinajstić information content (AvgIpc) is 3.32. The van der Waals surface area contributed by atoms with Gasteiger partial charge >= 0.3 is 0 Å². The second-order valence-electron chi connectivity index (χ2n) is 5.41. The van der Waals surface area contributed by atoms with E-state index in [1.807, 2.05) is 47.8 Å². The van der Waals surface area contributed by atoms with Crippen molar-refractivity contribution in [3.05, 3.63) is 74.6 Å². The standard InChI is InChI=1S/C19H19NO2S3/c21-18(10-12-23-14-5-2-1-3-6-14)20-13-15-8-9-17(25-15)19(22)16-7-4-11-24-16/h1-9,11,19,22H,10,12-13H2,(H,20,21). The number of benzene rings is 1. The maximum absolute atomic E-state index is 12.0. The van der Waals surface area contributed by atoms with Crippen molar-refractivity contribution < 1.29 is 9.90 Å². The Balaban J connectivity index is 1.42. The van der Waals surface area contributed by atoms with E-state index in [0.717, 1.165) is 20.4 Å². The van der Waals surface area contributed by atoms with Crippen LogP contribution in [0.4, 0.5) is 0 Å². The van der Waals surface area contributed by atoms with Gasteiger partial charge in [0.1, 0.15) is 6.10 Å². The highest BCUT2D eigenvalue weighted by atomic mass is 32.2.